The monoisotopic (exact) mass is 312 g/mol. The van der Waals surface area contributed by atoms with Crippen molar-refractivity contribution < 1.29 is 0 Å². The lowest BCUT2D eigenvalue weighted by molar-refractivity contribution is 1.16. The van der Waals surface area contributed by atoms with Crippen LogP contribution in [-0.4, -0.2) is 5.33 Å². The van der Waals surface area contributed by atoms with E-state index in [1.165, 1.54) is 16.3 Å². The summed E-state index contributed by atoms with van der Waals surface area (Å²) in [5.41, 5.74) is 1.32. The number of alkyl halides is 2. The van der Waals surface area contributed by atoms with Gasteiger partial charge in [-0.25, -0.2) is 0 Å². The van der Waals surface area contributed by atoms with Gasteiger partial charge in [0.2, 0.25) is 0 Å². The van der Waals surface area contributed by atoms with Crippen LogP contribution >= 0.6 is 31.9 Å². The van der Waals surface area contributed by atoms with Crippen molar-refractivity contribution in [2.24, 2.45) is 0 Å². The van der Waals surface area contributed by atoms with Gasteiger partial charge >= 0.3 is 0 Å². The molecular formula is C12H10Br2. The van der Waals surface area contributed by atoms with Crippen LogP contribution in [0.15, 0.2) is 42.5 Å². The molecule has 0 radical (unpaired) electrons. The molecule has 0 nitrogen and oxygen atoms in total. The summed E-state index contributed by atoms with van der Waals surface area (Å²) >= 11 is 7.09. The number of hydrogen-bond acceptors (Lipinski definition) is 0. The average molecular weight is 314 g/mol. The lowest BCUT2D eigenvalue weighted by Gasteiger charge is -2.07. The van der Waals surface area contributed by atoms with Crippen molar-refractivity contribution >= 4 is 42.6 Å². The molecule has 0 N–H and O–H groups in total. The largest absolute Gasteiger partial charge is 0.0912 e. The molecule has 0 aliphatic rings. The van der Waals surface area contributed by atoms with E-state index in [0.717, 1.165) is 5.33 Å². The third-order valence-corrected chi connectivity index (χ3v) is 4.64. The Kier molecular flexibility index (Phi) is 3.24. The van der Waals surface area contributed by atoms with Crippen molar-refractivity contribution in [2.75, 3.05) is 5.33 Å². The summed E-state index contributed by atoms with van der Waals surface area (Å²) < 4.78 is 0. The molecule has 0 saturated heterocycles. The number of halogens is 2. The summed E-state index contributed by atoms with van der Waals surface area (Å²) in [4.78, 5) is 0.395. The standard InChI is InChI=1S/C12H10Br2/c13-8-12(14)11-6-5-9-3-1-2-4-10(9)7-11/h1-7,12H,8H2. The second-order valence-electron chi connectivity index (χ2n) is 3.23. The van der Waals surface area contributed by atoms with Gasteiger partial charge in [0.15, 0.2) is 0 Å². The highest BCUT2D eigenvalue weighted by Crippen LogP contribution is 2.27. The highest BCUT2D eigenvalue weighted by atomic mass is 79.9. The first-order valence-corrected chi connectivity index (χ1v) is 6.53. The summed E-state index contributed by atoms with van der Waals surface area (Å²) in [5.74, 6) is 0. The van der Waals surface area contributed by atoms with Gasteiger partial charge in [-0.15, -0.1) is 0 Å². The van der Waals surface area contributed by atoms with E-state index in [1.54, 1.807) is 0 Å². The van der Waals surface area contributed by atoms with Crippen LogP contribution in [-0.2, 0) is 0 Å². The molecule has 0 saturated carbocycles. The molecule has 1 atom stereocenters. The number of rotatable bonds is 2. The summed E-state index contributed by atoms with van der Waals surface area (Å²) in [7, 11) is 0. The van der Waals surface area contributed by atoms with Gasteiger partial charge in [0.05, 0.1) is 0 Å². The minimum absolute atomic E-state index is 0.395. The Labute approximate surface area is 101 Å². The van der Waals surface area contributed by atoms with Gasteiger partial charge in [-0.1, -0.05) is 68.3 Å². The molecule has 0 aliphatic heterocycles. The lowest BCUT2D eigenvalue weighted by Crippen LogP contribution is -1.89. The Balaban J connectivity index is 2.51. The fourth-order valence-electron chi connectivity index (χ4n) is 1.49. The maximum Gasteiger partial charge on any atom is 0.0492 e. The van der Waals surface area contributed by atoms with E-state index in [1.807, 2.05) is 0 Å². The van der Waals surface area contributed by atoms with E-state index >= 15 is 0 Å². The molecule has 0 amide bonds. The first-order chi connectivity index (χ1) is 6.81. The van der Waals surface area contributed by atoms with Crippen LogP contribution in [0.1, 0.15) is 10.4 Å². The predicted molar refractivity (Wildman–Crippen MR) is 69.4 cm³/mol. The van der Waals surface area contributed by atoms with Crippen LogP contribution in [0.4, 0.5) is 0 Å². The van der Waals surface area contributed by atoms with E-state index in [9.17, 15) is 0 Å². The van der Waals surface area contributed by atoms with E-state index in [0.29, 0.717) is 4.83 Å². The third kappa shape index (κ3) is 2.01. The number of benzene rings is 2. The maximum absolute atomic E-state index is 3.62. The van der Waals surface area contributed by atoms with Gasteiger partial charge in [-0.05, 0) is 22.4 Å². The molecule has 2 heteroatoms. The molecule has 2 aromatic carbocycles. The zero-order valence-corrected chi connectivity index (χ0v) is 10.8. The van der Waals surface area contributed by atoms with Crippen molar-refractivity contribution in [3.8, 4) is 0 Å². The SMILES string of the molecule is BrCC(Br)c1ccc2ccccc2c1. The average Bonchev–Trinajstić information content (AvgIpc) is 2.27. The predicted octanol–water partition coefficient (Wildman–Crippen LogP) is 4.67. The topological polar surface area (TPSA) is 0 Å². The summed E-state index contributed by atoms with van der Waals surface area (Å²) in [6, 6.07) is 15.0. The maximum atomic E-state index is 3.62. The Bertz CT molecular complexity index is 437. The molecule has 0 fully saturated rings. The van der Waals surface area contributed by atoms with Crippen LogP contribution in [0.5, 0.6) is 0 Å². The zero-order chi connectivity index (χ0) is 9.97. The van der Waals surface area contributed by atoms with E-state index in [4.69, 9.17) is 0 Å². The van der Waals surface area contributed by atoms with E-state index in [2.05, 4.69) is 74.3 Å². The number of fused-ring (bicyclic) bond motifs is 1. The lowest BCUT2D eigenvalue weighted by atomic mass is 10.1. The van der Waals surface area contributed by atoms with Gasteiger partial charge in [0.25, 0.3) is 0 Å². The third-order valence-electron chi connectivity index (χ3n) is 2.27. The minimum atomic E-state index is 0.395. The van der Waals surface area contributed by atoms with Crippen molar-refractivity contribution in [3.63, 3.8) is 0 Å². The van der Waals surface area contributed by atoms with Crippen LogP contribution in [0.25, 0.3) is 10.8 Å². The molecule has 0 bridgehead atoms. The Morgan fingerprint density at radius 3 is 2.43 bits per heavy atom. The fourth-order valence-corrected chi connectivity index (χ4v) is 2.15. The Hall–Kier alpha value is -0.340. The smallest absolute Gasteiger partial charge is 0.0492 e. The van der Waals surface area contributed by atoms with E-state index in [-0.39, 0.29) is 0 Å². The molecule has 2 aromatic rings. The summed E-state index contributed by atoms with van der Waals surface area (Å²) in [5, 5.41) is 3.53. The van der Waals surface area contributed by atoms with Crippen molar-refractivity contribution in [2.45, 2.75) is 4.83 Å². The van der Waals surface area contributed by atoms with Gasteiger partial charge in [0.1, 0.15) is 0 Å². The molecule has 1 unspecified atom stereocenters. The molecule has 2 rings (SSSR count). The summed E-state index contributed by atoms with van der Waals surface area (Å²) in [6.07, 6.45) is 0. The molecule has 0 heterocycles. The molecule has 14 heavy (non-hydrogen) atoms. The Morgan fingerprint density at radius 1 is 1.00 bits per heavy atom. The van der Waals surface area contributed by atoms with Crippen molar-refractivity contribution in [1.82, 2.24) is 0 Å². The molecular weight excluding hydrogens is 304 g/mol. The molecule has 0 aliphatic carbocycles. The summed E-state index contributed by atoms with van der Waals surface area (Å²) in [6.45, 7) is 0. The van der Waals surface area contributed by atoms with Crippen LogP contribution < -0.4 is 0 Å². The van der Waals surface area contributed by atoms with Gasteiger partial charge in [-0.2, -0.15) is 0 Å². The van der Waals surface area contributed by atoms with Crippen molar-refractivity contribution in [1.29, 1.82) is 0 Å². The van der Waals surface area contributed by atoms with E-state index < -0.39 is 0 Å². The second kappa shape index (κ2) is 4.45. The quantitative estimate of drug-likeness (QED) is 0.707. The highest BCUT2D eigenvalue weighted by molar-refractivity contribution is 9.12. The van der Waals surface area contributed by atoms with Gasteiger partial charge in [-0.3, -0.25) is 0 Å². The van der Waals surface area contributed by atoms with Crippen LogP contribution in [0, 0.1) is 0 Å². The number of hydrogen-bond donors (Lipinski definition) is 0. The normalized spacial score (nSPS) is 13.0. The second-order valence-corrected chi connectivity index (χ2v) is 4.98. The van der Waals surface area contributed by atoms with Gasteiger partial charge in [0, 0.05) is 10.2 Å². The zero-order valence-electron chi connectivity index (χ0n) is 7.58. The molecule has 0 aromatic heterocycles. The minimum Gasteiger partial charge on any atom is -0.0912 e. The fraction of sp³-hybridized carbons (Fsp3) is 0.167. The van der Waals surface area contributed by atoms with Crippen LogP contribution in [0.3, 0.4) is 0 Å². The first-order valence-electron chi connectivity index (χ1n) is 4.50. The highest BCUT2D eigenvalue weighted by Gasteiger charge is 2.05. The first kappa shape index (κ1) is 10.2. The van der Waals surface area contributed by atoms with Gasteiger partial charge < -0.3 is 0 Å². The van der Waals surface area contributed by atoms with Crippen LogP contribution in [0.2, 0.25) is 0 Å². The molecule has 0 spiro atoms. The van der Waals surface area contributed by atoms with Crippen molar-refractivity contribution in [3.05, 3.63) is 48.0 Å². The Morgan fingerprint density at radius 2 is 1.71 bits per heavy atom. The molecule has 72 valence electrons.